The van der Waals surface area contributed by atoms with Crippen LogP contribution in [0, 0.1) is 5.41 Å². The first kappa shape index (κ1) is 19.2. The summed E-state index contributed by atoms with van der Waals surface area (Å²) >= 11 is 1.35. The van der Waals surface area contributed by atoms with E-state index < -0.39 is 17.3 Å². The summed E-state index contributed by atoms with van der Waals surface area (Å²) in [6, 6.07) is 1.68. The van der Waals surface area contributed by atoms with Crippen LogP contribution >= 0.6 is 11.3 Å². The van der Waals surface area contributed by atoms with Crippen LogP contribution in [0.25, 0.3) is 0 Å². The Morgan fingerprint density at radius 1 is 1.38 bits per heavy atom. The van der Waals surface area contributed by atoms with Gasteiger partial charge in [-0.3, -0.25) is 9.69 Å². The van der Waals surface area contributed by atoms with Crippen molar-refractivity contribution in [3.63, 3.8) is 0 Å². The van der Waals surface area contributed by atoms with E-state index in [4.69, 9.17) is 0 Å². The molecular formula is C18H24F2N2O3S. The lowest BCUT2D eigenvalue weighted by molar-refractivity contribution is -0.169. The first-order valence-corrected chi connectivity index (χ1v) is 9.72. The number of hydrogen-bond acceptors (Lipinski definition) is 5. The molecule has 2 aliphatic heterocycles. The van der Waals surface area contributed by atoms with E-state index in [1.165, 1.54) is 18.4 Å². The molecule has 26 heavy (non-hydrogen) atoms. The number of ether oxygens (including phenoxy) is 1. The van der Waals surface area contributed by atoms with Crippen molar-refractivity contribution < 1.29 is 23.1 Å². The number of likely N-dealkylation sites (tertiary alicyclic amines) is 2. The Balaban J connectivity index is 1.79. The van der Waals surface area contributed by atoms with Gasteiger partial charge in [-0.05, 0) is 25.8 Å². The smallest absolute Gasteiger partial charge is 0.338 e. The molecule has 0 saturated carbocycles. The number of amides is 1. The number of hydrogen-bond donors (Lipinski definition) is 0. The summed E-state index contributed by atoms with van der Waals surface area (Å²) < 4.78 is 33.7. The third-order valence-corrected chi connectivity index (χ3v) is 6.16. The van der Waals surface area contributed by atoms with E-state index in [0.29, 0.717) is 38.2 Å². The predicted octanol–water partition coefficient (Wildman–Crippen LogP) is 3.00. The quantitative estimate of drug-likeness (QED) is 0.747. The molecule has 0 bridgehead atoms. The topological polar surface area (TPSA) is 49.9 Å². The molecule has 144 valence electrons. The zero-order chi connectivity index (χ0) is 18.9. The van der Waals surface area contributed by atoms with Gasteiger partial charge in [-0.15, -0.1) is 11.3 Å². The number of thiophene rings is 1. The third-order valence-electron chi connectivity index (χ3n) is 5.24. The fraction of sp³-hybridized carbons (Fsp3) is 0.667. The van der Waals surface area contributed by atoms with Gasteiger partial charge in [-0.1, -0.05) is 0 Å². The molecule has 1 atom stereocenters. The average molecular weight is 386 g/mol. The normalized spacial score (nSPS) is 26.3. The number of nitrogens with zero attached hydrogens (tertiary/aromatic N) is 2. The van der Waals surface area contributed by atoms with Gasteiger partial charge >= 0.3 is 5.97 Å². The molecule has 1 spiro atoms. The molecule has 3 rings (SSSR count). The molecule has 2 saturated heterocycles. The summed E-state index contributed by atoms with van der Waals surface area (Å²) in [4.78, 5) is 28.6. The second-order valence-corrected chi connectivity index (χ2v) is 8.24. The minimum Gasteiger partial charge on any atom is -0.465 e. The highest BCUT2D eigenvalue weighted by atomic mass is 32.1. The van der Waals surface area contributed by atoms with Gasteiger partial charge in [0.2, 0.25) is 5.91 Å². The molecule has 8 heteroatoms. The number of alkyl halides is 2. The lowest BCUT2D eigenvalue weighted by Crippen LogP contribution is -2.60. The van der Waals surface area contributed by atoms with E-state index in [1.807, 2.05) is 6.92 Å². The van der Waals surface area contributed by atoms with Crippen LogP contribution in [0.4, 0.5) is 8.78 Å². The van der Waals surface area contributed by atoms with Crippen LogP contribution in [0.1, 0.15) is 41.4 Å². The number of esters is 1. The monoisotopic (exact) mass is 386 g/mol. The summed E-state index contributed by atoms with van der Waals surface area (Å²) in [5.74, 6) is -3.47. The van der Waals surface area contributed by atoms with E-state index in [1.54, 1.807) is 21.2 Å². The Bertz CT molecular complexity index is 694. The SMILES string of the molecule is CCN1CCC[C@@]2(CN(Cc3cc(C(=O)OC)cs3)CC(F)(F)C2)C1=O. The zero-order valence-corrected chi connectivity index (χ0v) is 15.9. The molecular weight excluding hydrogens is 362 g/mol. The van der Waals surface area contributed by atoms with E-state index >= 15 is 0 Å². The van der Waals surface area contributed by atoms with Crippen LogP contribution in [0.2, 0.25) is 0 Å². The van der Waals surface area contributed by atoms with E-state index in [9.17, 15) is 18.4 Å². The highest BCUT2D eigenvalue weighted by Gasteiger charge is 2.54. The third kappa shape index (κ3) is 3.76. The second-order valence-electron chi connectivity index (χ2n) is 7.24. The van der Waals surface area contributed by atoms with Gasteiger partial charge < -0.3 is 9.64 Å². The molecule has 1 aromatic heterocycles. The van der Waals surface area contributed by atoms with Gasteiger partial charge in [-0.25, -0.2) is 13.6 Å². The van der Waals surface area contributed by atoms with Gasteiger partial charge in [0.25, 0.3) is 5.92 Å². The first-order chi connectivity index (χ1) is 12.3. The molecule has 5 nitrogen and oxygen atoms in total. The molecule has 0 aliphatic carbocycles. The maximum absolute atomic E-state index is 14.5. The van der Waals surface area contributed by atoms with Crippen LogP contribution in [-0.2, 0) is 16.1 Å². The number of piperidine rings is 2. The number of carbonyl (C=O) groups is 2. The minimum absolute atomic E-state index is 0.142. The molecule has 2 fully saturated rings. The highest BCUT2D eigenvalue weighted by molar-refractivity contribution is 7.10. The van der Waals surface area contributed by atoms with Gasteiger partial charge in [0, 0.05) is 42.9 Å². The summed E-state index contributed by atoms with van der Waals surface area (Å²) in [5, 5.41) is 1.67. The molecule has 2 aliphatic rings. The van der Waals surface area contributed by atoms with Crippen molar-refractivity contribution in [3.8, 4) is 0 Å². The van der Waals surface area contributed by atoms with Crippen molar-refractivity contribution in [2.75, 3.05) is 33.3 Å². The number of methoxy groups -OCH3 is 1. The lowest BCUT2D eigenvalue weighted by atomic mass is 9.71. The van der Waals surface area contributed by atoms with Gasteiger partial charge in [0.15, 0.2) is 0 Å². The van der Waals surface area contributed by atoms with E-state index in [2.05, 4.69) is 4.74 Å². The molecule has 0 N–H and O–H groups in total. The Kier molecular flexibility index (Phi) is 5.35. The largest absolute Gasteiger partial charge is 0.465 e. The van der Waals surface area contributed by atoms with Crippen molar-refractivity contribution in [2.24, 2.45) is 5.41 Å². The Hall–Kier alpha value is -1.54. The molecule has 0 radical (unpaired) electrons. The fourth-order valence-electron chi connectivity index (χ4n) is 4.20. The first-order valence-electron chi connectivity index (χ1n) is 8.84. The van der Waals surface area contributed by atoms with Crippen molar-refractivity contribution in [3.05, 3.63) is 21.9 Å². The number of carbonyl (C=O) groups excluding carboxylic acids is 2. The highest BCUT2D eigenvalue weighted by Crippen LogP contribution is 2.45. The predicted molar refractivity (Wildman–Crippen MR) is 94.4 cm³/mol. The van der Waals surface area contributed by atoms with Crippen molar-refractivity contribution in [1.29, 1.82) is 0 Å². The fourth-order valence-corrected chi connectivity index (χ4v) is 5.10. The van der Waals surface area contributed by atoms with Crippen LogP contribution in [-0.4, -0.2) is 60.9 Å². The van der Waals surface area contributed by atoms with Gasteiger partial charge in [0.1, 0.15) is 0 Å². The molecule has 0 unspecified atom stereocenters. The minimum atomic E-state index is -2.90. The molecule has 1 amide bonds. The Morgan fingerprint density at radius 3 is 2.85 bits per heavy atom. The maximum atomic E-state index is 14.5. The zero-order valence-electron chi connectivity index (χ0n) is 15.1. The summed E-state index contributed by atoms with van der Waals surface area (Å²) in [7, 11) is 1.31. The summed E-state index contributed by atoms with van der Waals surface area (Å²) in [6.07, 6.45) is 0.894. The number of halogens is 2. The maximum Gasteiger partial charge on any atom is 0.338 e. The van der Waals surface area contributed by atoms with E-state index in [-0.39, 0.29) is 18.9 Å². The van der Waals surface area contributed by atoms with Crippen LogP contribution in [0.15, 0.2) is 11.4 Å². The van der Waals surface area contributed by atoms with Crippen molar-refractivity contribution in [2.45, 2.75) is 38.7 Å². The van der Waals surface area contributed by atoms with Crippen molar-refractivity contribution >= 4 is 23.2 Å². The van der Waals surface area contributed by atoms with Crippen LogP contribution in [0.3, 0.4) is 0 Å². The molecule has 0 aromatic carbocycles. The molecule has 1 aromatic rings. The van der Waals surface area contributed by atoms with Crippen molar-refractivity contribution in [1.82, 2.24) is 9.80 Å². The van der Waals surface area contributed by atoms with Crippen LogP contribution in [0.5, 0.6) is 0 Å². The van der Waals surface area contributed by atoms with Crippen LogP contribution < -0.4 is 0 Å². The molecule has 3 heterocycles. The van der Waals surface area contributed by atoms with Gasteiger partial charge in [-0.2, -0.15) is 0 Å². The van der Waals surface area contributed by atoms with E-state index in [0.717, 1.165) is 11.3 Å². The standard InChI is InChI=1S/C18H24F2N2O3S/c1-3-22-6-4-5-17(16(22)24)10-18(19,20)12-21(11-17)8-14-7-13(9-26-14)15(23)25-2/h7,9H,3-6,8,10-12H2,1-2H3/t17-/m1/s1. The Labute approximate surface area is 155 Å². The second kappa shape index (κ2) is 7.23. The lowest BCUT2D eigenvalue weighted by Gasteiger charge is -2.49. The van der Waals surface area contributed by atoms with Gasteiger partial charge in [0.05, 0.1) is 24.6 Å². The average Bonchev–Trinajstić information content (AvgIpc) is 3.03. The number of rotatable bonds is 4. The summed E-state index contributed by atoms with van der Waals surface area (Å²) in [6.45, 7) is 3.37. The Morgan fingerprint density at radius 2 is 2.15 bits per heavy atom. The summed E-state index contributed by atoms with van der Waals surface area (Å²) in [5.41, 5.74) is -0.574.